The molecule has 0 saturated carbocycles. The summed E-state index contributed by atoms with van der Waals surface area (Å²) in [5.41, 5.74) is 2.12. The number of hydrogen-bond acceptors (Lipinski definition) is 5. The first kappa shape index (κ1) is 29.1. The number of fused-ring (bicyclic) bond motifs is 2. The number of nitrogens with one attached hydrogen (secondary N) is 1. The molecule has 2 heterocycles. The van der Waals surface area contributed by atoms with Crippen LogP contribution < -0.4 is 4.90 Å². The number of ether oxygens (including phenoxy) is 1. The van der Waals surface area contributed by atoms with Crippen LogP contribution in [-0.2, 0) is 23.6 Å². The zero-order chi connectivity index (χ0) is 30.9. The van der Waals surface area contributed by atoms with E-state index in [0.717, 1.165) is 11.1 Å². The number of aromatic amines is 1. The van der Waals surface area contributed by atoms with Gasteiger partial charge in [0.1, 0.15) is 0 Å². The molecule has 4 aromatic carbocycles. The van der Waals surface area contributed by atoms with Crippen molar-refractivity contribution in [2.75, 3.05) is 18.1 Å². The molecule has 0 bridgehead atoms. The van der Waals surface area contributed by atoms with Gasteiger partial charge >= 0.3 is 6.09 Å². The molecule has 6 rings (SSSR count). The van der Waals surface area contributed by atoms with Gasteiger partial charge in [-0.25, -0.2) is 14.7 Å². The van der Waals surface area contributed by atoms with Crippen LogP contribution in [0.15, 0.2) is 103 Å². The largest absolute Gasteiger partial charge is 0.465 e. The number of aromatic nitrogens is 2. The predicted octanol–water partition coefficient (Wildman–Crippen LogP) is 6.14. The Morgan fingerprint density at radius 3 is 2.32 bits per heavy atom. The number of anilines is 1. The molecule has 1 atom stereocenters. The number of carboxylic acid groups (broad SMARTS) is 1. The van der Waals surface area contributed by atoms with E-state index in [1.165, 1.54) is 9.80 Å². The molecule has 2 amide bonds. The Labute approximate surface area is 255 Å². The van der Waals surface area contributed by atoms with E-state index >= 15 is 0 Å². The van der Waals surface area contributed by atoms with Crippen molar-refractivity contribution in [3.05, 3.63) is 131 Å². The van der Waals surface area contributed by atoms with E-state index in [4.69, 9.17) is 4.74 Å². The first-order valence-electron chi connectivity index (χ1n) is 14.5. The molecule has 1 unspecified atom stereocenters. The third kappa shape index (κ3) is 5.55. The Balaban J connectivity index is 1.29. The van der Waals surface area contributed by atoms with Crippen LogP contribution in [0.25, 0.3) is 11.0 Å². The number of carbonyl (C=O) groups is 2. The number of H-pyrrole nitrogens is 1. The summed E-state index contributed by atoms with van der Waals surface area (Å²) in [5, 5.41) is 22.5. The number of nitrogens with zero attached hydrogens (tertiary/aromatic N) is 3. The van der Waals surface area contributed by atoms with E-state index < -0.39 is 17.2 Å². The first-order chi connectivity index (χ1) is 21.2. The molecule has 0 spiro atoms. The van der Waals surface area contributed by atoms with Gasteiger partial charge < -0.3 is 19.9 Å². The van der Waals surface area contributed by atoms with Crippen LogP contribution in [0, 0.1) is 5.41 Å². The Hall–Kier alpha value is -4.99. The normalized spacial score (nSPS) is 16.3. The maximum Gasteiger partial charge on any atom is 0.414 e. The van der Waals surface area contributed by atoms with Gasteiger partial charge in [-0.05, 0) is 29.3 Å². The summed E-state index contributed by atoms with van der Waals surface area (Å²) >= 11 is 0. The second-order valence-corrected chi connectivity index (χ2v) is 11.9. The summed E-state index contributed by atoms with van der Waals surface area (Å²) in [5.74, 6) is -0.108. The third-order valence-corrected chi connectivity index (χ3v) is 7.90. The maximum absolute atomic E-state index is 13.6. The highest BCUT2D eigenvalue weighted by atomic mass is 16.5. The van der Waals surface area contributed by atoms with Crippen LogP contribution in [0.1, 0.15) is 46.5 Å². The molecule has 1 aromatic heterocycles. The van der Waals surface area contributed by atoms with E-state index in [1.807, 2.05) is 74.5 Å². The molecule has 5 aromatic rings. The molecule has 9 nitrogen and oxygen atoms in total. The van der Waals surface area contributed by atoms with E-state index in [-0.39, 0.29) is 24.9 Å². The SMILES string of the molecule is CC(C)(COCc1ccccc1)CN(C(=O)O)c1nc2ccc(C3(O)c4ccccc4C(=O)N3Cc3ccccc3)cc2[nH]1. The highest BCUT2D eigenvalue weighted by molar-refractivity contribution is 6.00. The van der Waals surface area contributed by atoms with Gasteiger partial charge in [0.05, 0.1) is 24.2 Å². The van der Waals surface area contributed by atoms with E-state index in [2.05, 4.69) is 9.97 Å². The summed E-state index contributed by atoms with van der Waals surface area (Å²) in [4.78, 5) is 36.3. The minimum Gasteiger partial charge on any atom is -0.465 e. The van der Waals surface area contributed by atoms with Crippen molar-refractivity contribution in [1.29, 1.82) is 0 Å². The average Bonchev–Trinajstić information content (AvgIpc) is 3.54. The Morgan fingerprint density at radius 2 is 1.61 bits per heavy atom. The van der Waals surface area contributed by atoms with Crippen LogP contribution in [0.3, 0.4) is 0 Å². The second kappa shape index (κ2) is 11.6. The van der Waals surface area contributed by atoms with Gasteiger partial charge in [0.25, 0.3) is 5.91 Å². The number of rotatable bonds is 10. The Morgan fingerprint density at radius 1 is 0.955 bits per heavy atom. The fourth-order valence-corrected chi connectivity index (χ4v) is 5.74. The lowest BCUT2D eigenvalue weighted by Gasteiger charge is -2.35. The van der Waals surface area contributed by atoms with Gasteiger partial charge in [-0.3, -0.25) is 9.69 Å². The number of hydrogen-bond donors (Lipinski definition) is 3. The summed E-state index contributed by atoms with van der Waals surface area (Å²) in [6, 6.07) is 31.6. The molecule has 0 fully saturated rings. The molecule has 3 N–H and O–H groups in total. The fourth-order valence-electron chi connectivity index (χ4n) is 5.74. The summed E-state index contributed by atoms with van der Waals surface area (Å²) < 4.78 is 5.92. The van der Waals surface area contributed by atoms with Crippen molar-refractivity contribution in [3.63, 3.8) is 0 Å². The van der Waals surface area contributed by atoms with Crippen LogP contribution in [0.2, 0.25) is 0 Å². The predicted molar refractivity (Wildman–Crippen MR) is 167 cm³/mol. The highest BCUT2D eigenvalue weighted by Crippen LogP contribution is 2.43. The lowest BCUT2D eigenvalue weighted by Crippen LogP contribution is -2.44. The standard InChI is InChI=1S/C35H34N4O5/c1-34(2,23-44-21-25-13-7-4-8-14-25)22-38(33(41)42)32-36-29-18-17-26(19-30(29)37-32)35(43)28-16-10-9-15-27(28)31(40)39(35)20-24-11-5-3-6-12-24/h3-19,43H,20-23H2,1-2H3,(H,36,37)(H,41,42). The van der Waals surface area contributed by atoms with E-state index in [9.17, 15) is 19.8 Å². The number of amides is 2. The number of benzene rings is 4. The van der Waals surface area contributed by atoms with E-state index in [0.29, 0.717) is 40.9 Å². The Kier molecular flexibility index (Phi) is 7.67. The quantitative estimate of drug-likeness (QED) is 0.180. The van der Waals surface area contributed by atoms with Gasteiger partial charge in [-0.2, -0.15) is 0 Å². The molecular formula is C35H34N4O5. The molecule has 44 heavy (non-hydrogen) atoms. The van der Waals surface area contributed by atoms with Gasteiger partial charge in [0.15, 0.2) is 5.72 Å². The molecule has 1 aliphatic heterocycles. The van der Waals surface area contributed by atoms with Gasteiger partial charge in [-0.15, -0.1) is 0 Å². The highest BCUT2D eigenvalue weighted by Gasteiger charge is 2.49. The van der Waals surface area contributed by atoms with Crippen molar-refractivity contribution in [2.24, 2.45) is 5.41 Å². The fraction of sp³-hybridized carbons (Fsp3) is 0.229. The molecular weight excluding hydrogens is 556 g/mol. The topological polar surface area (TPSA) is 119 Å². The molecule has 0 saturated heterocycles. The molecule has 224 valence electrons. The summed E-state index contributed by atoms with van der Waals surface area (Å²) in [6.45, 7) is 5.00. The average molecular weight is 591 g/mol. The molecule has 1 aliphatic rings. The third-order valence-electron chi connectivity index (χ3n) is 7.90. The van der Waals surface area contributed by atoms with Gasteiger partial charge in [-0.1, -0.05) is 98.8 Å². The lowest BCUT2D eigenvalue weighted by atomic mass is 9.93. The lowest BCUT2D eigenvalue weighted by molar-refractivity contribution is -0.0542. The smallest absolute Gasteiger partial charge is 0.414 e. The van der Waals surface area contributed by atoms with Crippen LogP contribution in [0.4, 0.5) is 10.7 Å². The van der Waals surface area contributed by atoms with E-state index in [1.54, 1.807) is 42.5 Å². The monoisotopic (exact) mass is 590 g/mol. The number of carbonyl (C=O) groups excluding carboxylic acids is 1. The van der Waals surface area contributed by atoms with Crippen molar-refractivity contribution in [2.45, 2.75) is 32.7 Å². The minimum absolute atomic E-state index is 0.139. The minimum atomic E-state index is -1.74. The van der Waals surface area contributed by atoms with Crippen molar-refractivity contribution in [1.82, 2.24) is 14.9 Å². The Bertz CT molecular complexity index is 1800. The summed E-state index contributed by atoms with van der Waals surface area (Å²) in [6.07, 6.45) is -1.15. The maximum atomic E-state index is 13.6. The molecule has 0 aliphatic carbocycles. The number of imidazole rings is 1. The van der Waals surface area contributed by atoms with Crippen LogP contribution in [-0.4, -0.2) is 50.2 Å². The first-order valence-corrected chi connectivity index (χ1v) is 14.5. The summed E-state index contributed by atoms with van der Waals surface area (Å²) in [7, 11) is 0. The van der Waals surface area contributed by atoms with Crippen molar-refractivity contribution >= 4 is 29.0 Å². The van der Waals surface area contributed by atoms with Gasteiger partial charge in [0.2, 0.25) is 5.95 Å². The molecule has 9 heteroatoms. The van der Waals surface area contributed by atoms with Crippen LogP contribution in [0.5, 0.6) is 0 Å². The van der Waals surface area contributed by atoms with Crippen molar-refractivity contribution < 1.29 is 24.5 Å². The second-order valence-electron chi connectivity index (χ2n) is 11.9. The van der Waals surface area contributed by atoms with Crippen molar-refractivity contribution in [3.8, 4) is 0 Å². The van der Waals surface area contributed by atoms with Crippen LogP contribution >= 0.6 is 0 Å². The zero-order valence-electron chi connectivity index (χ0n) is 24.6. The van der Waals surface area contributed by atoms with Gasteiger partial charge in [0, 0.05) is 35.2 Å². The molecule has 0 radical (unpaired) electrons. The zero-order valence-corrected chi connectivity index (χ0v) is 24.6. The number of aliphatic hydroxyl groups is 1.